The van der Waals surface area contributed by atoms with Crippen LogP contribution >= 0.6 is 15.9 Å². The summed E-state index contributed by atoms with van der Waals surface area (Å²) >= 11 is 3.40. The number of hydrogen-bond donors (Lipinski definition) is 1. The van der Waals surface area contributed by atoms with Gasteiger partial charge in [-0.15, -0.1) is 0 Å². The Morgan fingerprint density at radius 2 is 1.58 bits per heavy atom. The molecule has 6 nitrogen and oxygen atoms in total. The minimum Gasteiger partial charge on any atom is -0.484 e. The first kappa shape index (κ1) is 28.1. The van der Waals surface area contributed by atoms with Crippen molar-refractivity contribution in [2.24, 2.45) is 0 Å². The SMILES string of the molecule is Cc1cc(C)c(C)c(S(=O)(=O)N(C)c2ccc(OCC(=O)NC3(c4ccc(Br)cc4)CC(F)C3)cc2)c1C. The molecule has 38 heavy (non-hydrogen) atoms. The fourth-order valence-corrected chi connectivity index (χ4v) is 6.96. The molecule has 1 amide bonds. The van der Waals surface area contributed by atoms with Crippen molar-refractivity contribution in [3.05, 3.63) is 86.9 Å². The zero-order valence-electron chi connectivity index (χ0n) is 22.1. The fraction of sp³-hybridized carbons (Fsp3) is 0.345. The molecule has 9 heteroatoms. The summed E-state index contributed by atoms with van der Waals surface area (Å²) in [5.41, 5.74) is 3.89. The van der Waals surface area contributed by atoms with Crippen molar-refractivity contribution in [3.8, 4) is 5.75 Å². The molecule has 4 rings (SSSR count). The lowest BCUT2D eigenvalue weighted by Crippen LogP contribution is -2.56. The topological polar surface area (TPSA) is 75.7 Å². The van der Waals surface area contributed by atoms with Crippen LogP contribution in [0.5, 0.6) is 5.75 Å². The van der Waals surface area contributed by atoms with Gasteiger partial charge in [-0.1, -0.05) is 34.1 Å². The standard InChI is InChI=1S/C29H32BrFN2O4S/c1-18-14-19(2)21(4)28(20(18)3)38(35,36)33(5)25-10-12-26(13-11-25)37-17-27(34)32-29(15-24(31)16-29)22-6-8-23(30)9-7-22/h6-14,24H,15-17H2,1-5H3,(H,32,34). The molecule has 3 aromatic carbocycles. The van der Waals surface area contributed by atoms with Crippen LogP contribution in [0, 0.1) is 27.7 Å². The molecular formula is C29H32BrFN2O4S. The minimum atomic E-state index is -3.79. The Balaban J connectivity index is 1.43. The second-order valence-corrected chi connectivity index (χ2v) is 12.8. The zero-order chi connectivity index (χ0) is 27.8. The van der Waals surface area contributed by atoms with Crippen LogP contribution in [-0.4, -0.2) is 34.2 Å². The second-order valence-electron chi connectivity index (χ2n) is 9.99. The highest BCUT2D eigenvalue weighted by molar-refractivity contribution is 9.10. The molecule has 0 saturated heterocycles. The molecule has 1 fully saturated rings. The number of aryl methyl sites for hydroxylation is 2. The molecule has 0 radical (unpaired) electrons. The number of halogens is 2. The first-order valence-corrected chi connectivity index (χ1v) is 14.6. The van der Waals surface area contributed by atoms with Gasteiger partial charge in [0.05, 0.1) is 16.1 Å². The van der Waals surface area contributed by atoms with E-state index in [1.807, 2.05) is 58.0 Å². The highest BCUT2D eigenvalue weighted by atomic mass is 79.9. The van der Waals surface area contributed by atoms with Gasteiger partial charge in [-0.25, -0.2) is 12.8 Å². The lowest BCUT2D eigenvalue weighted by molar-refractivity contribution is -0.127. The van der Waals surface area contributed by atoms with Crippen LogP contribution in [0.25, 0.3) is 0 Å². The maximum Gasteiger partial charge on any atom is 0.264 e. The van der Waals surface area contributed by atoms with E-state index in [1.165, 1.54) is 11.4 Å². The predicted molar refractivity (Wildman–Crippen MR) is 151 cm³/mol. The summed E-state index contributed by atoms with van der Waals surface area (Å²) in [5, 5.41) is 2.95. The van der Waals surface area contributed by atoms with E-state index in [4.69, 9.17) is 4.74 Å². The second kappa shape index (κ2) is 10.7. The number of carbonyl (C=O) groups is 1. The van der Waals surface area contributed by atoms with Crippen molar-refractivity contribution in [3.63, 3.8) is 0 Å². The number of sulfonamides is 1. The maximum atomic E-state index is 13.8. The number of nitrogens with one attached hydrogen (secondary N) is 1. The van der Waals surface area contributed by atoms with Crippen molar-refractivity contribution in [2.45, 2.75) is 57.1 Å². The number of carbonyl (C=O) groups excluding carboxylic acids is 1. The third-order valence-corrected chi connectivity index (χ3v) is 9.99. The predicted octanol–water partition coefficient (Wildman–Crippen LogP) is 6.03. The van der Waals surface area contributed by atoms with Crippen molar-refractivity contribution in [1.29, 1.82) is 0 Å². The van der Waals surface area contributed by atoms with E-state index in [2.05, 4.69) is 21.2 Å². The number of anilines is 1. The van der Waals surface area contributed by atoms with Crippen LogP contribution in [-0.2, 0) is 20.4 Å². The van der Waals surface area contributed by atoms with Crippen LogP contribution < -0.4 is 14.4 Å². The van der Waals surface area contributed by atoms with Crippen molar-refractivity contribution in [2.75, 3.05) is 18.0 Å². The van der Waals surface area contributed by atoms with Gasteiger partial charge in [-0.05, 0) is 91.9 Å². The van der Waals surface area contributed by atoms with Crippen LogP contribution in [0.2, 0.25) is 0 Å². The van der Waals surface area contributed by atoms with Gasteiger partial charge in [0.2, 0.25) is 0 Å². The van der Waals surface area contributed by atoms with E-state index in [0.717, 1.165) is 32.3 Å². The zero-order valence-corrected chi connectivity index (χ0v) is 24.5. The third-order valence-electron chi connectivity index (χ3n) is 7.40. The van der Waals surface area contributed by atoms with Crippen LogP contribution in [0.4, 0.5) is 10.1 Å². The summed E-state index contributed by atoms with van der Waals surface area (Å²) in [6.07, 6.45) is -0.526. The molecule has 0 unspecified atom stereocenters. The Morgan fingerprint density at radius 3 is 2.11 bits per heavy atom. The van der Waals surface area contributed by atoms with Gasteiger partial charge in [0, 0.05) is 24.4 Å². The first-order valence-electron chi connectivity index (χ1n) is 12.3. The Morgan fingerprint density at radius 1 is 1.03 bits per heavy atom. The van der Waals surface area contributed by atoms with Gasteiger partial charge in [-0.3, -0.25) is 9.10 Å². The van der Waals surface area contributed by atoms with Gasteiger partial charge in [0.1, 0.15) is 11.9 Å². The number of hydrogen-bond acceptors (Lipinski definition) is 4. The monoisotopic (exact) mass is 602 g/mol. The highest BCUT2D eigenvalue weighted by Gasteiger charge is 2.47. The van der Waals surface area contributed by atoms with Crippen molar-refractivity contribution >= 4 is 37.5 Å². The molecule has 0 heterocycles. The van der Waals surface area contributed by atoms with Crippen LogP contribution in [0.1, 0.15) is 40.7 Å². The van der Waals surface area contributed by atoms with Gasteiger partial charge in [-0.2, -0.15) is 0 Å². The molecule has 0 atom stereocenters. The third kappa shape index (κ3) is 5.45. The molecular weight excluding hydrogens is 571 g/mol. The molecule has 0 bridgehead atoms. The van der Waals surface area contributed by atoms with E-state index in [9.17, 15) is 17.6 Å². The van der Waals surface area contributed by atoms with Crippen LogP contribution in [0.3, 0.4) is 0 Å². The number of ether oxygens (including phenoxy) is 1. The summed E-state index contributed by atoms with van der Waals surface area (Å²) in [4.78, 5) is 13.0. The largest absolute Gasteiger partial charge is 0.484 e. The first-order chi connectivity index (χ1) is 17.8. The Kier molecular flexibility index (Phi) is 7.91. The number of benzene rings is 3. The summed E-state index contributed by atoms with van der Waals surface area (Å²) in [6.45, 7) is 7.21. The van der Waals surface area contributed by atoms with Gasteiger partial charge >= 0.3 is 0 Å². The molecule has 0 spiro atoms. The number of nitrogens with zero attached hydrogens (tertiary/aromatic N) is 1. The summed E-state index contributed by atoms with van der Waals surface area (Å²) < 4.78 is 48.7. The van der Waals surface area contributed by atoms with Crippen LogP contribution in [0.15, 0.2) is 64.0 Å². The summed E-state index contributed by atoms with van der Waals surface area (Å²) in [5.74, 6) is 0.0625. The van der Waals surface area contributed by atoms with Gasteiger partial charge in [0.15, 0.2) is 6.61 Å². The number of rotatable bonds is 8. The molecule has 1 aliphatic rings. The van der Waals surface area contributed by atoms with E-state index in [0.29, 0.717) is 16.3 Å². The minimum absolute atomic E-state index is 0.218. The van der Waals surface area contributed by atoms with Gasteiger partial charge < -0.3 is 10.1 Å². The summed E-state index contributed by atoms with van der Waals surface area (Å²) in [6, 6.07) is 16.0. The van der Waals surface area contributed by atoms with Gasteiger partial charge in [0.25, 0.3) is 15.9 Å². The molecule has 202 valence electrons. The molecule has 1 N–H and O–H groups in total. The summed E-state index contributed by atoms with van der Waals surface area (Å²) in [7, 11) is -2.27. The average Bonchev–Trinajstić information content (AvgIpc) is 2.85. The Labute approximate surface area is 232 Å². The number of alkyl halides is 1. The maximum absolute atomic E-state index is 13.8. The smallest absolute Gasteiger partial charge is 0.264 e. The molecule has 0 aromatic heterocycles. The quantitative estimate of drug-likeness (QED) is 0.341. The fourth-order valence-electron chi connectivity index (χ4n) is 4.92. The van der Waals surface area contributed by atoms with Crippen molar-refractivity contribution in [1.82, 2.24) is 5.32 Å². The normalized spacial score (nSPS) is 19.0. The van der Waals surface area contributed by atoms with E-state index >= 15 is 0 Å². The highest BCUT2D eigenvalue weighted by Crippen LogP contribution is 2.43. The number of amides is 1. The van der Waals surface area contributed by atoms with Crippen molar-refractivity contribution < 1.29 is 22.3 Å². The Hall–Kier alpha value is -2.91. The lowest BCUT2D eigenvalue weighted by Gasteiger charge is -2.45. The average molecular weight is 604 g/mol. The Bertz CT molecular complexity index is 1430. The molecule has 3 aromatic rings. The lowest BCUT2D eigenvalue weighted by atomic mass is 9.70. The van der Waals surface area contributed by atoms with E-state index in [-0.39, 0.29) is 25.4 Å². The molecule has 0 aliphatic heterocycles. The van der Waals surface area contributed by atoms with E-state index in [1.54, 1.807) is 24.3 Å². The molecule has 1 saturated carbocycles. The van der Waals surface area contributed by atoms with E-state index < -0.39 is 21.7 Å². The molecule has 1 aliphatic carbocycles.